The Hall–Kier alpha value is -2.81. The first-order valence-electron chi connectivity index (χ1n) is 10.4. The number of halogens is 1. The Bertz CT molecular complexity index is 1180. The average Bonchev–Trinajstić information content (AvgIpc) is 3.48. The van der Waals surface area contributed by atoms with Gasteiger partial charge in [-0.1, -0.05) is 6.08 Å². The normalized spacial score (nSPS) is 24.0. The molecular weight excluding hydrogens is 389 g/mol. The predicted molar refractivity (Wildman–Crippen MR) is 114 cm³/mol. The van der Waals surface area contributed by atoms with Gasteiger partial charge in [0.2, 0.25) is 0 Å². The molecule has 2 unspecified atom stereocenters. The molecule has 8 nitrogen and oxygen atoms in total. The molecule has 2 fully saturated rings. The summed E-state index contributed by atoms with van der Waals surface area (Å²) in [4.78, 5) is 29.3. The van der Waals surface area contributed by atoms with Crippen molar-refractivity contribution in [1.29, 1.82) is 0 Å². The lowest BCUT2D eigenvalue weighted by atomic mass is 9.94. The van der Waals surface area contributed by atoms with E-state index in [1.807, 2.05) is 4.90 Å². The van der Waals surface area contributed by atoms with Crippen LogP contribution in [0.4, 0.5) is 15.8 Å². The minimum Gasteiger partial charge on any atom is -0.492 e. The summed E-state index contributed by atoms with van der Waals surface area (Å²) in [6, 6.07) is -0.0349. The molecule has 2 aliphatic carbocycles. The largest absolute Gasteiger partial charge is 0.492 e. The molecule has 30 heavy (non-hydrogen) atoms. The molecule has 2 atom stereocenters. The van der Waals surface area contributed by atoms with Gasteiger partial charge in [-0.25, -0.2) is 9.18 Å². The number of hydrogen-bond donors (Lipinski definition) is 3. The molecule has 1 aliphatic heterocycles. The van der Waals surface area contributed by atoms with Gasteiger partial charge in [-0.05, 0) is 37.7 Å². The molecule has 0 spiro atoms. The molecule has 1 aromatic heterocycles. The van der Waals surface area contributed by atoms with Gasteiger partial charge in [-0.15, -0.1) is 0 Å². The Morgan fingerprint density at radius 1 is 1.27 bits per heavy atom. The number of hydrogen-bond acceptors (Lipinski definition) is 6. The van der Waals surface area contributed by atoms with Crippen molar-refractivity contribution in [3.8, 4) is 5.75 Å². The van der Waals surface area contributed by atoms with Crippen LogP contribution in [-0.2, 0) is 0 Å². The average molecular weight is 415 g/mol. The highest BCUT2D eigenvalue weighted by Gasteiger charge is 2.38. The molecule has 160 valence electrons. The fourth-order valence-corrected chi connectivity index (χ4v) is 5.02. The van der Waals surface area contributed by atoms with Crippen molar-refractivity contribution in [3.63, 3.8) is 0 Å². The first-order valence-corrected chi connectivity index (χ1v) is 10.4. The minimum atomic E-state index is -0.704. The number of nitrogen functional groups attached to an aromatic ring is 1. The van der Waals surface area contributed by atoms with Gasteiger partial charge in [-0.3, -0.25) is 14.3 Å². The molecule has 9 heteroatoms. The summed E-state index contributed by atoms with van der Waals surface area (Å²) in [5.74, 6) is -0.382. The third-order valence-corrected chi connectivity index (χ3v) is 6.65. The number of rotatable bonds is 3. The highest BCUT2D eigenvalue weighted by atomic mass is 19.1. The van der Waals surface area contributed by atoms with E-state index >= 15 is 4.39 Å². The van der Waals surface area contributed by atoms with Crippen LogP contribution in [0.5, 0.6) is 5.75 Å². The third kappa shape index (κ3) is 2.75. The second-order valence-corrected chi connectivity index (χ2v) is 8.55. The fourth-order valence-electron chi connectivity index (χ4n) is 5.02. The van der Waals surface area contributed by atoms with Gasteiger partial charge in [0.15, 0.2) is 11.6 Å². The van der Waals surface area contributed by atoms with Crippen molar-refractivity contribution in [3.05, 3.63) is 38.3 Å². The van der Waals surface area contributed by atoms with E-state index in [0.29, 0.717) is 13.1 Å². The van der Waals surface area contributed by atoms with Gasteiger partial charge < -0.3 is 21.1 Å². The molecule has 0 radical (unpaired) electrons. The van der Waals surface area contributed by atoms with Crippen LogP contribution in [0, 0.1) is 11.7 Å². The summed E-state index contributed by atoms with van der Waals surface area (Å²) >= 11 is 0. The molecule has 1 saturated carbocycles. The topological polar surface area (TPSA) is 119 Å². The lowest BCUT2D eigenvalue weighted by Gasteiger charge is -2.25. The molecule has 0 amide bonds. The smallest absolute Gasteiger partial charge is 0.329 e. The summed E-state index contributed by atoms with van der Waals surface area (Å²) in [6.45, 7) is 1.07. The summed E-state index contributed by atoms with van der Waals surface area (Å²) < 4.78 is 22.7. The quantitative estimate of drug-likeness (QED) is 0.518. The number of benzene rings is 1. The summed E-state index contributed by atoms with van der Waals surface area (Å²) in [5, 5.41) is -0.0380. The Morgan fingerprint density at radius 3 is 2.73 bits per heavy atom. The van der Waals surface area contributed by atoms with E-state index < -0.39 is 17.1 Å². The molecular formula is C21H26FN5O3. The SMILES string of the molecule is COc1c(N2CC3=CCCCC(N)C3C2)c(F)c(N)c2c(=O)[nH]c(=O)n(C3CC3)c12. The Kier molecular flexibility index (Phi) is 4.39. The predicted octanol–water partition coefficient (Wildman–Crippen LogP) is 1.63. The number of allylic oxidation sites excluding steroid dienone is 1. The van der Waals surface area contributed by atoms with E-state index in [1.165, 1.54) is 17.3 Å². The van der Waals surface area contributed by atoms with Crippen molar-refractivity contribution < 1.29 is 9.13 Å². The third-order valence-electron chi connectivity index (χ3n) is 6.65. The molecule has 5 N–H and O–H groups in total. The zero-order valence-electron chi connectivity index (χ0n) is 16.9. The van der Waals surface area contributed by atoms with E-state index in [2.05, 4.69) is 11.1 Å². The van der Waals surface area contributed by atoms with Crippen LogP contribution in [0.15, 0.2) is 21.2 Å². The number of H-pyrrole nitrogens is 1. The van der Waals surface area contributed by atoms with Crippen LogP contribution < -0.4 is 32.4 Å². The number of methoxy groups -OCH3 is 1. The first-order chi connectivity index (χ1) is 14.4. The first kappa shape index (κ1) is 19.2. The summed E-state index contributed by atoms with van der Waals surface area (Å²) in [5.41, 5.74) is 12.7. The summed E-state index contributed by atoms with van der Waals surface area (Å²) in [7, 11) is 1.43. The van der Waals surface area contributed by atoms with Crippen molar-refractivity contribution in [1.82, 2.24) is 9.55 Å². The number of anilines is 2. The van der Waals surface area contributed by atoms with Gasteiger partial charge in [-0.2, -0.15) is 0 Å². The molecule has 2 aromatic rings. The van der Waals surface area contributed by atoms with Gasteiger partial charge >= 0.3 is 5.69 Å². The molecule has 0 bridgehead atoms. The van der Waals surface area contributed by atoms with Gasteiger partial charge in [0.05, 0.1) is 18.2 Å². The number of ether oxygens (including phenoxy) is 1. The summed E-state index contributed by atoms with van der Waals surface area (Å²) in [6.07, 6.45) is 6.77. The van der Waals surface area contributed by atoms with Gasteiger partial charge in [0.1, 0.15) is 11.2 Å². The van der Waals surface area contributed by atoms with Crippen LogP contribution in [0.25, 0.3) is 10.9 Å². The number of nitrogens with two attached hydrogens (primary N) is 2. The monoisotopic (exact) mass is 415 g/mol. The standard InChI is InChI=1S/C21H26FN5O3/c1-30-19-17-14(20(28)25-21(29)27(17)11-6-7-11)16(24)15(22)18(19)26-8-10-4-2-3-5-13(23)12(10)9-26/h4,11-13H,2-3,5-9,23-24H2,1H3,(H,25,28,29). The fraction of sp³-hybridized carbons (Fsp3) is 0.524. The Labute approximate surface area is 172 Å². The Balaban J connectivity index is 1.77. The van der Waals surface area contributed by atoms with Crippen LogP contribution in [0.1, 0.15) is 38.1 Å². The van der Waals surface area contributed by atoms with Crippen LogP contribution in [0.2, 0.25) is 0 Å². The molecule has 5 rings (SSSR count). The Morgan fingerprint density at radius 2 is 2.03 bits per heavy atom. The number of nitrogens with one attached hydrogen (secondary N) is 1. The molecule has 1 saturated heterocycles. The second-order valence-electron chi connectivity index (χ2n) is 8.55. The van der Waals surface area contributed by atoms with Crippen LogP contribution >= 0.6 is 0 Å². The maximum Gasteiger partial charge on any atom is 0.329 e. The number of aromatic nitrogens is 2. The molecule has 2 heterocycles. The second kappa shape index (κ2) is 6.87. The van der Waals surface area contributed by atoms with E-state index in [4.69, 9.17) is 16.2 Å². The van der Waals surface area contributed by atoms with E-state index in [-0.39, 0.29) is 46.0 Å². The maximum atomic E-state index is 15.6. The van der Waals surface area contributed by atoms with Crippen LogP contribution in [-0.4, -0.2) is 35.8 Å². The van der Waals surface area contributed by atoms with E-state index in [9.17, 15) is 9.59 Å². The van der Waals surface area contributed by atoms with Crippen molar-refractivity contribution in [2.75, 3.05) is 30.8 Å². The van der Waals surface area contributed by atoms with Crippen LogP contribution in [0.3, 0.4) is 0 Å². The number of nitrogens with zero attached hydrogens (tertiary/aromatic N) is 2. The maximum absolute atomic E-state index is 15.6. The van der Waals surface area contributed by atoms with Crippen molar-refractivity contribution in [2.45, 2.75) is 44.2 Å². The van der Waals surface area contributed by atoms with Crippen molar-refractivity contribution >= 4 is 22.3 Å². The van der Waals surface area contributed by atoms with Gasteiger partial charge in [0.25, 0.3) is 5.56 Å². The highest BCUT2D eigenvalue weighted by Crippen LogP contribution is 2.46. The number of fused-ring (bicyclic) bond motifs is 2. The molecule has 1 aromatic carbocycles. The number of aromatic amines is 1. The van der Waals surface area contributed by atoms with Crippen molar-refractivity contribution in [2.24, 2.45) is 11.7 Å². The lowest BCUT2D eigenvalue weighted by Crippen LogP contribution is -2.33. The highest BCUT2D eigenvalue weighted by molar-refractivity contribution is 6.00. The zero-order valence-corrected chi connectivity index (χ0v) is 16.9. The lowest BCUT2D eigenvalue weighted by molar-refractivity contribution is 0.412. The molecule has 3 aliphatic rings. The van der Waals surface area contributed by atoms with Gasteiger partial charge in [0, 0.05) is 31.1 Å². The minimum absolute atomic E-state index is 0.0168. The van der Waals surface area contributed by atoms with E-state index in [0.717, 1.165) is 32.1 Å². The zero-order chi connectivity index (χ0) is 21.2. The van der Waals surface area contributed by atoms with E-state index in [1.54, 1.807) is 0 Å².